The van der Waals surface area contributed by atoms with Crippen molar-refractivity contribution in [3.8, 4) is 0 Å². The first-order valence-corrected chi connectivity index (χ1v) is 6.27. The van der Waals surface area contributed by atoms with Gasteiger partial charge in [0.2, 0.25) is 0 Å². The number of carbonyl (C=O) groups excluding carboxylic acids is 1. The monoisotopic (exact) mass is 242 g/mol. The quantitative estimate of drug-likeness (QED) is 0.770. The highest BCUT2D eigenvalue weighted by molar-refractivity contribution is 5.74. The summed E-state index contributed by atoms with van der Waals surface area (Å²) in [7, 11) is 0. The average molecular weight is 242 g/mol. The molecule has 5 nitrogen and oxygen atoms in total. The molecule has 1 saturated heterocycles. The molecule has 1 aliphatic rings. The van der Waals surface area contributed by atoms with Crippen molar-refractivity contribution < 1.29 is 14.7 Å². The first-order chi connectivity index (χ1) is 8.00. The van der Waals surface area contributed by atoms with Crippen LogP contribution < -0.4 is 5.32 Å². The molecule has 0 bridgehead atoms. The van der Waals surface area contributed by atoms with Gasteiger partial charge in [0.15, 0.2) is 0 Å². The Morgan fingerprint density at radius 3 is 2.76 bits per heavy atom. The SMILES string of the molecule is CC(CCC(=O)O)CNC(=O)N1CCCC1C. The Bertz CT molecular complexity index is 281. The second-order valence-corrected chi connectivity index (χ2v) is 4.91. The van der Waals surface area contributed by atoms with Crippen molar-refractivity contribution in [3.63, 3.8) is 0 Å². The predicted octanol–water partition coefficient (Wildman–Crippen LogP) is 1.68. The molecule has 98 valence electrons. The van der Waals surface area contributed by atoms with E-state index in [1.54, 1.807) is 0 Å². The molecular formula is C12H22N2O3. The van der Waals surface area contributed by atoms with Crippen LogP contribution in [0.3, 0.4) is 0 Å². The van der Waals surface area contributed by atoms with Crippen LogP contribution in [0.2, 0.25) is 0 Å². The highest BCUT2D eigenvalue weighted by atomic mass is 16.4. The molecule has 17 heavy (non-hydrogen) atoms. The Labute approximate surface area is 102 Å². The third kappa shape index (κ3) is 4.63. The standard InChI is InChI=1S/C12H22N2O3/c1-9(5-6-11(15)16)8-13-12(17)14-7-3-4-10(14)2/h9-10H,3-8H2,1-2H3,(H,13,17)(H,15,16). The van der Waals surface area contributed by atoms with E-state index in [0.29, 0.717) is 19.0 Å². The highest BCUT2D eigenvalue weighted by Crippen LogP contribution is 2.16. The van der Waals surface area contributed by atoms with Crippen LogP contribution in [0.1, 0.15) is 39.5 Å². The average Bonchev–Trinajstić information content (AvgIpc) is 2.69. The van der Waals surface area contributed by atoms with Gasteiger partial charge in [0.05, 0.1) is 0 Å². The zero-order chi connectivity index (χ0) is 12.8. The molecule has 2 N–H and O–H groups in total. The number of carboxylic acids is 1. The lowest BCUT2D eigenvalue weighted by molar-refractivity contribution is -0.137. The summed E-state index contributed by atoms with van der Waals surface area (Å²) in [6.07, 6.45) is 2.91. The maximum absolute atomic E-state index is 11.8. The van der Waals surface area contributed by atoms with E-state index < -0.39 is 5.97 Å². The minimum absolute atomic E-state index is 0.0165. The smallest absolute Gasteiger partial charge is 0.317 e. The van der Waals surface area contributed by atoms with Gasteiger partial charge >= 0.3 is 12.0 Å². The van der Waals surface area contributed by atoms with Crippen molar-refractivity contribution in [1.82, 2.24) is 10.2 Å². The zero-order valence-corrected chi connectivity index (χ0v) is 10.6. The molecule has 2 unspecified atom stereocenters. The molecule has 0 radical (unpaired) electrons. The molecule has 2 amide bonds. The summed E-state index contributed by atoms with van der Waals surface area (Å²) in [5.41, 5.74) is 0. The fourth-order valence-corrected chi connectivity index (χ4v) is 2.07. The molecule has 2 atom stereocenters. The Kier molecular flexibility index (Phi) is 5.25. The van der Waals surface area contributed by atoms with Crippen molar-refractivity contribution in [3.05, 3.63) is 0 Å². The van der Waals surface area contributed by atoms with Crippen molar-refractivity contribution in [1.29, 1.82) is 0 Å². The van der Waals surface area contributed by atoms with Crippen LogP contribution in [0.15, 0.2) is 0 Å². The zero-order valence-electron chi connectivity index (χ0n) is 10.6. The molecule has 0 aromatic rings. The summed E-state index contributed by atoms with van der Waals surface area (Å²) in [6, 6.07) is 0.307. The van der Waals surface area contributed by atoms with Crippen LogP contribution in [0.4, 0.5) is 4.79 Å². The minimum Gasteiger partial charge on any atom is -0.481 e. The van der Waals surface area contributed by atoms with E-state index in [2.05, 4.69) is 12.2 Å². The maximum atomic E-state index is 11.8. The van der Waals surface area contributed by atoms with Gasteiger partial charge < -0.3 is 15.3 Å². The van der Waals surface area contributed by atoms with Crippen LogP contribution in [0, 0.1) is 5.92 Å². The van der Waals surface area contributed by atoms with Crippen LogP contribution in [0.25, 0.3) is 0 Å². The Morgan fingerprint density at radius 2 is 2.24 bits per heavy atom. The van der Waals surface area contributed by atoms with Crippen LogP contribution in [-0.2, 0) is 4.79 Å². The predicted molar refractivity (Wildman–Crippen MR) is 64.8 cm³/mol. The molecular weight excluding hydrogens is 220 g/mol. The van der Waals surface area contributed by atoms with Crippen LogP contribution in [-0.4, -0.2) is 41.1 Å². The number of aliphatic carboxylic acids is 1. The summed E-state index contributed by atoms with van der Waals surface area (Å²) in [5.74, 6) is -0.579. The molecule has 1 heterocycles. The number of likely N-dealkylation sites (tertiary alicyclic amines) is 1. The van der Waals surface area contributed by atoms with Gasteiger partial charge in [-0.05, 0) is 32.1 Å². The van der Waals surface area contributed by atoms with Gasteiger partial charge in [-0.2, -0.15) is 0 Å². The fourth-order valence-electron chi connectivity index (χ4n) is 2.07. The third-order valence-corrected chi connectivity index (χ3v) is 3.27. The normalized spacial score (nSPS) is 21.3. The molecule has 1 fully saturated rings. The van der Waals surface area contributed by atoms with Crippen molar-refractivity contribution in [2.75, 3.05) is 13.1 Å². The topological polar surface area (TPSA) is 69.6 Å². The molecule has 0 aliphatic carbocycles. The number of hydrogen-bond donors (Lipinski definition) is 2. The number of amides is 2. The van der Waals surface area contributed by atoms with E-state index in [9.17, 15) is 9.59 Å². The van der Waals surface area contributed by atoms with Gasteiger partial charge in [-0.1, -0.05) is 6.92 Å². The summed E-state index contributed by atoms with van der Waals surface area (Å²) in [4.78, 5) is 24.0. The molecule has 0 saturated carbocycles. The first kappa shape index (κ1) is 13.8. The van der Waals surface area contributed by atoms with Gasteiger partial charge in [0.1, 0.15) is 0 Å². The van der Waals surface area contributed by atoms with E-state index in [-0.39, 0.29) is 18.4 Å². The Morgan fingerprint density at radius 1 is 1.53 bits per heavy atom. The molecule has 5 heteroatoms. The highest BCUT2D eigenvalue weighted by Gasteiger charge is 2.24. The van der Waals surface area contributed by atoms with Crippen molar-refractivity contribution in [2.24, 2.45) is 5.92 Å². The number of nitrogens with zero attached hydrogens (tertiary/aromatic N) is 1. The van der Waals surface area contributed by atoms with Gasteiger partial charge in [0.25, 0.3) is 0 Å². The molecule has 0 aromatic carbocycles. The molecule has 0 aromatic heterocycles. The summed E-state index contributed by atoms with van der Waals surface area (Å²) >= 11 is 0. The maximum Gasteiger partial charge on any atom is 0.317 e. The number of hydrogen-bond acceptors (Lipinski definition) is 2. The summed E-state index contributed by atoms with van der Waals surface area (Å²) in [6.45, 7) is 5.39. The van der Waals surface area contributed by atoms with E-state index in [1.165, 1.54) is 0 Å². The number of rotatable bonds is 5. The van der Waals surface area contributed by atoms with Gasteiger partial charge in [-0.25, -0.2) is 4.79 Å². The minimum atomic E-state index is -0.781. The van der Waals surface area contributed by atoms with Gasteiger partial charge in [0, 0.05) is 25.6 Å². The molecule has 1 aliphatic heterocycles. The lowest BCUT2D eigenvalue weighted by Crippen LogP contribution is -2.43. The van der Waals surface area contributed by atoms with Crippen LogP contribution >= 0.6 is 0 Å². The summed E-state index contributed by atoms with van der Waals surface area (Å²) in [5, 5.41) is 11.4. The second-order valence-electron chi connectivity index (χ2n) is 4.91. The number of carboxylic acid groups (broad SMARTS) is 1. The Hall–Kier alpha value is -1.26. The van der Waals surface area contributed by atoms with E-state index in [4.69, 9.17) is 5.11 Å². The number of nitrogens with one attached hydrogen (secondary N) is 1. The number of urea groups is 1. The van der Waals surface area contributed by atoms with E-state index >= 15 is 0 Å². The first-order valence-electron chi connectivity index (χ1n) is 6.27. The lowest BCUT2D eigenvalue weighted by Gasteiger charge is -2.23. The van der Waals surface area contributed by atoms with Crippen LogP contribution in [0.5, 0.6) is 0 Å². The van der Waals surface area contributed by atoms with E-state index in [1.807, 2.05) is 11.8 Å². The fraction of sp³-hybridized carbons (Fsp3) is 0.833. The second kappa shape index (κ2) is 6.47. The van der Waals surface area contributed by atoms with Crippen molar-refractivity contribution >= 4 is 12.0 Å². The largest absolute Gasteiger partial charge is 0.481 e. The molecule has 1 rings (SSSR count). The van der Waals surface area contributed by atoms with E-state index in [0.717, 1.165) is 19.4 Å². The third-order valence-electron chi connectivity index (χ3n) is 3.27. The number of carbonyl (C=O) groups is 2. The van der Waals surface area contributed by atoms with Gasteiger partial charge in [-0.15, -0.1) is 0 Å². The molecule has 0 spiro atoms. The summed E-state index contributed by atoms with van der Waals surface area (Å²) < 4.78 is 0. The van der Waals surface area contributed by atoms with Crippen molar-refractivity contribution in [2.45, 2.75) is 45.6 Å². The lowest BCUT2D eigenvalue weighted by atomic mass is 10.1. The van der Waals surface area contributed by atoms with Gasteiger partial charge in [-0.3, -0.25) is 4.79 Å². The Balaban J connectivity index is 2.21.